The van der Waals surface area contributed by atoms with E-state index in [0.29, 0.717) is 0 Å². The van der Waals surface area contributed by atoms with E-state index in [2.05, 4.69) is 15.4 Å². The van der Waals surface area contributed by atoms with Gasteiger partial charge in [0.1, 0.15) is 41.8 Å². The fourth-order valence-corrected chi connectivity index (χ4v) is 3.74. The number of alkyl carbamates (subject to hydrolysis) is 1. The maximum atomic E-state index is 13.2. The average molecular weight is 492 g/mol. The van der Waals surface area contributed by atoms with Crippen LogP contribution >= 0.6 is 0 Å². The number of anilines is 1. The highest BCUT2D eigenvalue weighted by Crippen LogP contribution is 2.42. The van der Waals surface area contributed by atoms with Crippen molar-refractivity contribution in [2.45, 2.75) is 70.2 Å². The van der Waals surface area contributed by atoms with Gasteiger partial charge in [0.05, 0.1) is 13.7 Å². The highest BCUT2D eigenvalue weighted by Gasteiger charge is 2.60. The normalized spacial score (nSPS) is 25.7. The zero-order valence-electron chi connectivity index (χ0n) is 21.1. The molecule has 0 unspecified atom stereocenters. The molecule has 1 saturated heterocycles. The number of hydrogen-bond acceptors (Lipinski definition) is 11. The maximum absolute atomic E-state index is 13.2. The standard InChI is InChI=1S/C22H30N6O7/c1-11(2)15(27-20(32)35-21(3,4)5)19(31)33-17-16(30)13(8-29)34-22(17,9-23)14-7-6-12-18(24)25-10-26-28(12)14/h6-7,10-11,13,15-17,29-30H,8H2,1-5H3,(H,27,32)(H2,24,25,26)/t13-,15+,16-,17-,22+/m1/s1/i6D. The third kappa shape index (κ3) is 5.00. The van der Waals surface area contributed by atoms with E-state index in [-0.39, 0.29) is 23.1 Å². The molecule has 2 aromatic heterocycles. The third-order valence-corrected chi connectivity index (χ3v) is 5.38. The molecule has 1 amide bonds. The van der Waals surface area contributed by atoms with Gasteiger partial charge in [-0.3, -0.25) is 0 Å². The van der Waals surface area contributed by atoms with Crippen LogP contribution < -0.4 is 11.1 Å². The molecule has 0 aliphatic carbocycles. The number of aliphatic hydroxyl groups is 2. The Balaban J connectivity index is 2.02. The van der Waals surface area contributed by atoms with E-state index in [4.69, 9.17) is 21.3 Å². The van der Waals surface area contributed by atoms with Crippen LogP contribution in [0.15, 0.2) is 18.4 Å². The Morgan fingerprint density at radius 2 is 2.17 bits per heavy atom. The molecule has 190 valence electrons. The second kappa shape index (κ2) is 9.65. The third-order valence-electron chi connectivity index (χ3n) is 5.38. The number of nitriles is 1. The van der Waals surface area contributed by atoms with Crippen molar-refractivity contribution in [3.63, 3.8) is 0 Å². The Morgan fingerprint density at radius 3 is 2.74 bits per heavy atom. The molecule has 35 heavy (non-hydrogen) atoms. The first-order valence-electron chi connectivity index (χ1n) is 11.4. The predicted octanol–water partition coefficient (Wildman–Crippen LogP) is 0.243. The zero-order chi connectivity index (χ0) is 27.0. The molecule has 0 aromatic carbocycles. The van der Waals surface area contributed by atoms with Crippen molar-refractivity contribution < 1.29 is 35.4 Å². The molecule has 1 aliphatic rings. The van der Waals surface area contributed by atoms with Gasteiger partial charge in [-0.05, 0) is 38.8 Å². The summed E-state index contributed by atoms with van der Waals surface area (Å²) in [7, 11) is 0. The van der Waals surface area contributed by atoms with Gasteiger partial charge in [-0.2, -0.15) is 10.4 Å². The van der Waals surface area contributed by atoms with E-state index in [0.717, 1.165) is 10.8 Å². The SMILES string of the molecule is [2H]c1cc([C@]2(C#N)O[C@H](CO)[C@@H](O)[C@H]2OC(=O)[C@@H](NC(=O)OC(C)(C)C)C(C)C)n2ncnc(N)c12. The molecule has 13 heteroatoms. The largest absolute Gasteiger partial charge is 0.453 e. The Bertz CT molecular complexity index is 1190. The quantitative estimate of drug-likeness (QED) is 0.404. The molecule has 3 rings (SSSR count). The van der Waals surface area contributed by atoms with Crippen molar-refractivity contribution in [3.05, 3.63) is 24.1 Å². The van der Waals surface area contributed by atoms with Gasteiger partial charge < -0.3 is 35.5 Å². The van der Waals surface area contributed by atoms with Crippen LogP contribution in [0.5, 0.6) is 0 Å². The molecule has 1 aliphatic heterocycles. The molecule has 1 fully saturated rings. The predicted molar refractivity (Wildman–Crippen MR) is 121 cm³/mol. The Labute approximate surface area is 203 Å². The van der Waals surface area contributed by atoms with Crippen molar-refractivity contribution in [2.75, 3.05) is 12.3 Å². The summed E-state index contributed by atoms with van der Waals surface area (Å²) in [6.07, 6.45) is -4.36. The molecule has 0 spiro atoms. The van der Waals surface area contributed by atoms with Crippen LogP contribution in [0.3, 0.4) is 0 Å². The topological polar surface area (TPSA) is 194 Å². The molecular formula is C22H30N6O7. The van der Waals surface area contributed by atoms with Gasteiger partial charge in [-0.15, -0.1) is 0 Å². The second-order valence-corrected chi connectivity index (χ2v) is 9.48. The molecule has 3 heterocycles. The Hall–Kier alpha value is -3.47. The van der Waals surface area contributed by atoms with Crippen LogP contribution in [-0.2, 0) is 24.6 Å². The van der Waals surface area contributed by atoms with E-state index < -0.39 is 60.1 Å². The van der Waals surface area contributed by atoms with E-state index in [1.165, 1.54) is 6.07 Å². The minimum Gasteiger partial charge on any atom is -0.453 e. The number of carbonyl (C=O) groups excluding carboxylic acids is 2. The van der Waals surface area contributed by atoms with Crippen molar-refractivity contribution >= 4 is 23.4 Å². The Morgan fingerprint density at radius 1 is 1.49 bits per heavy atom. The monoisotopic (exact) mass is 491 g/mol. The summed E-state index contributed by atoms with van der Waals surface area (Å²) in [5, 5.41) is 37.4. The molecule has 2 aromatic rings. The summed E-state index contributed by atoms with van der Waals surface area (Å²) in [6, 6.07) is 1.81. The molecule has 13 nitrogen and oxygen atoms in total. The number of nitrogens with two attached hydrogens (primary N) is 1. The summed E-state index contributed by atoms with van der Waals surface area (Å²) >= 11 is 0. The van der Waals surface area contributed by atoms with Gasteiger partial charge in [0.15, 0.2) is 11.9 Å². The first-order valence-corrected chi connectivity index (χ1v) is 10.9. The second-order valence-electron chi connectivity index (χ2n) is 9.48. The number of nitrogen functional groups attached to an aromatic ring is 1. The van der Waals surface area contributed by atoms with Crippen LogP contribution in [0, 0.1) is 17.2 Å². The molecule has 5 N–H and O–H groups in total. The zero-order valence-corrected chi connectivity index (χ0v) is 20.1. The minimum atomic E-state index is -2.18. The lowest BCUT2D eigenvalue weighted by atomic mass is 9.92. The van der Waals surface area contributed by atoms with Crippen molar-refractivity contribution in [2.24, 2.45) is 5.92 Å². The van der Waals surface area contributed by atoms with Crippen LogP contribution in [0.1, 0.15) is 41.7 Å². The number of rotatable bonds is 6. The molecule has 5 atom stereocenters. The minimum absolute atomic E-state index is 0.0402. The van der Waals surface area contributed by atoms with E-state index in [1.807, 2.05) is 6.07 Å². The van der Waals surface area contributed by atoms with Gasteiger partial charge in [0.25, 0.3) is 0 Å². The summed E-state index contributed by atoms with van der Waals surface area (Å²) in [5.74, 6) is -1.47. The average Bonchev–Trinajstić information content (AvgIpc) is 3.26. The molecular weight excluding hydrogens is 460 g/mol. The molecule has 0 radical (unpaired) electrons. The number of nitrogens with zero attached hydrogens (tertiary/aromatic N) is 4. The van der Waals surface area contributed by atoms with E-state index in [9.17, 15) is 25.1 Å². The molecule has 0 bridgehead atoms. The van der Waals surface area contributed by atoms with Crippen LogP contribution in [0.2, 0.25) is 0 Å². The number of aromatic nitrogens is 3. The van der Waals surface area contributed by atoms with E-state index in [1.54, 1.807) is 34.6 Å². The Kier molecular flexibility index (Phi) is 6.79. The lowest BCUT2D eigenvalue weighted by Crippen LogP contribution is -2.51. The first-order chi connectivity index (χ1) is 16.8. The number of aliphatic hydroxyl groups excluding tert-OH is 2. The number of fused-ring (bicyclic) bond motifs is 1. The van der Waals surface area contributed by atoms with Crippen molar-refractivity contribution in [3.8, 4) is 6.07 Å². The summed E-state index contributed by atoms with van der Waals surface area (Å²) in [6.45, 7) is 7.61. The number of hydrogen-bond donors (Lipinski definition) is 4. The van der Waals surface area contributed by atoms with Crippen LogP contribution in [-0.4, -0.2) is 73.4 Å². The van der Waals surface area contributed by atoms with Gasteiger partial charge in [-0.1, -0.05) is 13.8 Å². The fourth-order valence-electron chi connectivity index (χ4n) is 3.74. The number of amides is 1. The lowest BCUT2D eigenvalue weighted by Gasteiger charge is -2.30. The fraction of sp³-hybridized carbons (Fsp3) is 0.591. The number of nitrogens with one attached hydrogen (secondary N) is 1. The first kappa shape index (κ1) is 24.6. The number of ether oxygens (including phenoxy) is 3. The van der Waals surface area contributed by atoms with Gasteiger partial charge in [0, 0.05) is 0 Å². The summed E-state index contributed by atoms with van der Waals surface area (Å²) in [4.78, 5) is 29.4. The van der Waals surface area contributed by atoms with Crippen molar-refractivity contribution in [1.82, 2.24) is 19.9 Å². The smallest absolute Gasteiger partial charge is 0.408 e. The number of esters is 1. The highest BCUT2D eigenvalue weighted by molar-refractivity contribution is 5.82. The van der Waals surface area contributed by atoms with Gasteiger partial charge >= 0.3 is 12.1 Å². The molecule has 0 saturated carbocycles. The van der Waals surface area contributed by atoms with Gasteiger partial charge in [-0.25, -0.2) is 19.1 Å². The van der Waals surface area contributed by atoms with Crippen LogP contribution in [0.4, 0.5) is 10.6 Å². The van der Waals surface area contributed by atoms with E-state index >= 15 is 0 Å². The van der Waals surface area contributed by atoms with Crippen molar-refractivity contribution in [1.29, 1.82) is 5.26 Å². The summed E-state index contributed by atoms with van der Waals surface area (Å²) in [5.41, 5.74) is 2.88. The maximum Gasteiger partial charge on any atom is 0.408 e. The number of carbonyl (C=O) groups is 2. The summed E-state index contributed by atoms with van der Waals surface area (Å²) < 4.78 is 26.0. The van der Waals surface area contributed by atoms with Crippen LogP contribution in [0.25, 0.3) is 5.52 Å². The highest BCUT2D eigenvalue weighted by atomic mass is 16.6. The lowest BCUT2D eigenvalue weighted by molar-refractivity contribution is -0.164. The van der Waals surface area contributed by atoms with Gasteiger partial charge in [0.2, 0.25) is 5.60 Å².